The first-order valence-corrected chi connectivity index (χ1v) is 6.96. The second-order valence-electron chi connectivity index (χ2n) is 5.14. The summed E-state index contributed by atoms with van der Waals surface area (Å²) >= 11 is 0. The van der Waals surface area contributed by atoms with E-state index in [0.717, 1.165) is 25.8 Å². The summed E-state index contributed by atoms with van der Waals surface area (Å²) in [6.07, 6.45) is 6.98. The molecule has 106 valence electrons. The Bertz CT molecular complexity index is 367. The van der Waals surface area contributed by atoms with Gasteiger partial charge in [-0.1, -0.05) is 6.92 Å². The van der Waals surface area contributed by atoms with Gasteiger partial charge in [-0.2, -0.15) is 0 Å². The minimum atomic E-state index is 0.220. The maximum absolute atomic E-state index is 12.0. The molecule has 0 saturated heterocycles. The zero-order chi connectivity index (χ0) is 14.1. The monoisotopic (exact) mass is 263 g/mol. The van der Waals surface area contributed by atoms with Gasteiger partial charge in [-0.15, -0.1) is 0 Å². The van der Waals surface area contributed by atoms with Gasteiger partial charge in [-0.3, -0.25) is 9.78 Å². The zero-order valence-electron chi connectivity index (χ0n) is 12.0. The molecule has 0 fully saturated rings. The second kappa shape index (κ2) is 8.64. The van der Waals surface area contributed by atoms with Crippen LogP contribution in [0.15, 0.2) is 24.5 Å². The van der Waals surface area contributed by atoms with Crippen LogP contribution in [0.1, 0.15) is 31.7 Å². The molecule has 0 aliphatic rings. The molecule has 4 nitrogen and oxygen atoms in total. The molecule has 1 atom stereocenters. The van der Waals surface area contributed by atoms with Gasteiger partial charge in [0, 0.05) is 32.4 Å². The number of rotatable bonds is 8. The molecular weight excluding hydrogens is 238 g/mol. The third kappa shape index (κ3) is 6.34. The molecule has 1 amide bonds. The fourth-order valence-corrected chi connectivity index (χ4v) is 1.96. The van der Waals surface area contributed by atoms with Crippen molar-refractivity contribution >= 4 is 5.91 Å². The molecule has 1 aromatic heterocycles. The van der Waals surface area contributed by atoms with Crippen molar-refractivity contribution in [3.63, 3.8) is 0 Å². The number of hydrogen-bond acceptors (Lipinski definition) is 3. The Morgan fingerprint density at radius 1 is 1.37 bits per heavy atom. The summed E-state index contributed by atoms with van der Waals surface area (Å²) in [5.41, 5.74) is 6.72. The van der Waals surface area contributed by atoms with E-state index in [1.807, 2.05) is 24.1 Å². The first-order valence-electron chi connectivity index (χ1n) is 6.96. The van der Waals surface area contributed by atoms with Crippen LogP contribution in [0.2, 0.25) is 0 Å². The van der Waals surface area contributed by atoms with Crippen molar-refractivity contribution in [2.24, 2.45) is 11.7 Å². The van der Waals surface area contributed by atoms with Crippen LogP contribution in [-0.4, -0.2) is 35.9 Å². The number of carbonyl (C=O) groups is 1. The second-order valence-corrected chi connectivity index (χ2v) is 5.14. The van der Waals surface area contributed by atoms with E-state index in [1.54, 1.807) is 12.4 Å². The standard InChI is InChI=1S/C15H25N3O/c1-13(5-9-16)3-4-15(19)18(2)12-8-14-6-10-17-11-7-14/h6-7,10-11,13H,3-5,8-9,12,16H2,1-2H3. The van der Waals surface area contributed by atoms with E-state index >= 15 is 0 Å². The van der Waals surface area contributed by atoms with Crippen molar-refractivity contribution in [3.8, 4) is 0 Å². The van der Waals surface area contributed by atoms with Gasteiger partial charge in [0.15, 0.2) is 0 Å². The summed E-state index contributed by atoms with van der Waals surface area (Å²) in [6, 6.07) is 3.98. The number of carbonyl (C=O) groups excluding carboxylic acids is 1. The van der Waals surface area contributed by atoms with Gasteiger partial charge >= 0.3 is 0 Å². The molecule has 19 heavy (non-hydrogen) atoms. The average molecular weight is 263 g/mol. The SMILES string of the molecule is CC(CCN)CCC(=O)N(C)CCc1ccncc1. The Labute approximate surface area is 116 Å². The molecule has 0 aliphatic carbocycles. The Morgan fingerprint density at radius 2 is 2.05 bits per heavy atom. The molecule has 1 heterocycles. The first kappa shape index (κ1) is 15.6. The first-order chi connectivity index (χ1) is 9.13. The number of aromatic nitrogens is 1. The smallest absolute Gasteiger partial charge is 0.222 e. The van der Waals surface area contributed by atoms with Crippen LogP contribution >= 0.6 is 0 Å². The van der Waals surface area contributed by atoms with E-state index in [1.165, 1.54) is 5.56 Å². The van der Waals surface area contributed by atoms with Gasteiger partial charge in [0.1, 0.15) is 0 Å². The number of likely N-dealkylation sites (N-methyl/N-ethyl adjacent to an activating group) is 1. The van der Waals surface area contributed by atoms with Crippen LogP contribution in [0.5, 0.6) is 0 Å². The van der Waals surface area contributed by atoms with Crippen molar-refractivity contribution < 1.29 is 4.79 Å². The number of hydrogen-bond donors (Lipinski definition) is 1. The highest BCUT2D eigenvalue weighted by atomic mass is 16.2. The van der Waals surface area contributed by atoms with Gasteiger partial charge in [0.2, 0.25) is 5.91 Å². The van der Waals surface area contributed by atoms with Crippen LogP contribution in [-0.2, 0) is 11.2 Å². The molecule has 1 aromatic rings. The largest absolute Gasteiger partial charge is 0.345 e. The number of pyridine rings is 1. The molecule has 1 rings (SSSR count). The third-order valence-corrected chi connectivity index (χ3v) is 3.42. The van der Waals surface area contributed by atoms with E-state index < -0.39 is 0 Å². The van der Waals surface area contributed by atoms with Crippen LogP contribution in [0.25, 0.3) is 0 Å². The molecule has 0 aliphatic heterocycles. The van der Waals surface area contributed by atoms with Crippen molar-refractivity contribution in [1.82, 2.24) is 9.88 Å². The molecule has 0 aromatic carbocycles. The Kier molecular flexibility index (Phi) is 7.11. The molecule has 0 radical (unpaired) electrons. The molecule has 1 unspecified atom stereocenters. The van der Waals surface area contributed by atoms with Crippen LogP contribution < -0.4 is 5.73 Å². The molecular formula is C15H25N3O. The summed E-state index contributed by atoms with van der Waals surface area (Å²) in [7, 11) is 1.87. The molecule has 4 heteroatoms. The lowest BCUT2D eigenvalue weighted by molar-refractivity contribution is -0.130. The minimum Gasteiger partial charge on any atom is -0.345 e. The third-order valence-electron chi connectivity index (χ3n) is 3.42. The van der Waals surface area contributed by atoms with Crippen molar-refractivity contribution in [2.45, 2.75) is 32.6 Å². The lowest BCUT2D eigenvalue weighted by Gasteiger charge is -2.18. The Balaban J connectivity index is 2.25. The summed E-state index contributed by atoms with van der Waals surface area (Å²) < 4.78 is 0. The number of nitrogens with two attached hydrogens (primary N) is 1. The van der Waals surface area contributed by atoms with Gasteiger partial charge < -0.3 is 10.6 Å². The summed E-state index contributed by atoms with van der Waals surface area (Å²) in [5.74, 6) is 0.750. The zero-order valence-corrected chi connectivity index (χ0v) is 12.0. The fourth-order valence-electron chi connectivity index (χ4n) is 1.96. The summed E-state index contributed by atoms with van der Waals surface area (Å²) in [6.45, 7) is 3.61. The van der Waals surface area contributed by atoms with Crippen LogP contribution in [0, 0.1) is 5.92 Å². The van der Waals surface area contributed by atoms with Crippen LogP contribution in [0.4, 0.5) is 0 Å². The fraction of sp³-hybridized carbons (Fsp3) is 0.600. The minimum absolute atomic E-state index is 0.220. The lowest BCUT2D eigenvalue weighted by Crippen LogP contribution is -2.29. The molecule has 0 spiro atoms. The number of amides is 1. The van der Waals surface area contributed by atoms with Gasteiger partial charge in [0.05, 0.1) is 0 Å². The van der Waals surface area contributed by atoms with Gasteiger partial charge in [-0.05, 0) is 49.4 Å². The molecule has 2 N–H and O–H groups in total. The molecule has 0 saturated carbocycles. The van der Waals surface area contributed by atoms with E-state index in [9.17, 15) is 4.79 Å². The predicted octanol–water partition coefficient (Wildman–Crippen LogP) is 1.85. The van der Waals surface area contributed by atoms with E-state index in [0.29, 0.717) is 18.9 Å². The highest BCUT2D eigenvalue weighted by molar-refractivity contribution is 5.75. The van der Waals surface area contributed by atoms with E-state index in [2.05, 4.69) is 11.9 Å². The van der Waals surface area contributed by atoms with E-state index in [4.69, 9.17) is 5.73 Å². The maximum atomic E-state index is 12.0. The van der Waals surface area contributed by atoms with E-state index in [-0.39, 0.29) is 5.91 Å². The Morgan fingerprint density at radius 3 is 2.68 bits per heavy atom. The highest BCUT2D eigenvalue weighted by Gasteiger charge is 2.10. The van der Waals surface area contributed by atoms with Crippen molar-refractivity contribution in [3.05, 3.63) is 30.1 Å². The average Bonchev–Trinajstić information content (AvgIpc) is 2.43. The number of nitrogens with zero attached hydrogens (tertiary/aromatic N) is 2. The lowest BCUT2D eigenvalue weighted by atomic mass is 10.0. The predicted molar refractivity (Wildman–Crippen MR) is 77.6 cm³/mol. The summed E-state index contributed by atoms with van der Waals surface area (Å²) in [4.78, 5) is 17.8. The Hall–Kier alpha value is -1.42. The normalized spacial score (nSPS) is 12.2. The summed E-state index contributed by atoms with van der Waals surface area (Å²) in [5, 5.41) is 0. The quantitative estimate of drug-likeness (QED) is 0.778. The topological polar surface area (TPSA) is 59.2 Å². The molecule has 0 bridgehead atoms. The maximum Gasteiger partial charge on any atom is 0.222 e. The van der Waals surface area contributed by atoms with Crippen molar-refractivity contribution in [2.75, 3.05) is 20.1 Å². The highest BCUT2D eigenvalue weighted by Crippen LogP contribution is 2.10. The van der Waals surface area contributed by atoms with Crippen molar-refractivity contribution in [1.29, 1.82) is 0 Å². The van der Waals surface area contributed by atoms with Gasteiger partial charge in [0.25, 0.3) is 0 Å². The van der Waals surface area contributed by atoms with Gasteiger partial charge in [-0.25, -0.2) is 0 Å². The van der Waals surface area contributed by atoms with Crippen LogP contribution in [0.3, 0.4) is 0 Å².